The Hall–Kier alpha value is -1.51. The highest BCUT2D eigenvalue weighted by Crippen LogP contribution is 2.23. The molecule has 2 heterocycles. The number of aromatic nitrogens is 2. The van der Waals surface area contributed by atoms with Crippen LogP contribution >= 0.6 is 12.2 Å². The van der Waals surface area contributed by atoms with Gasteiger partial charge in [0.25, 0.3) is 4.84 Å². The SMILES string of the molecule is CN(Cc1ccc(C(C)(C)C)cc1)Cn1nc(C[C@@H]2CCS(=O)(=O)C2)oc1=S. The molecule has 2 aromatic rings. The van der Waals surface area contributed by atoms with E-state index in [0.29, 0.717) is 30.2 Å². The van der Waals surface area contributed by atoms with Crippen molar-refractivity contribution < 1.29 is 12.8 Å². The molecular weight excluding hydrogens is 394 g/mol. The van der Waals surface area contributed by atoms with E-state index in [-0.39, 0.29) is 22.8 Å². The molecule has 6 nitrogen and oxygen atoms in total. The van der Waals surface area contributed by atoms with Crippen molar-refractivity contribution in [3.05, 3.63) is 46.1 Å². The largest absolute Gasteiger partial charge is 0.414 e. The van der Waals surface area contributed by atoms with Crippen LogP contribution < -0.4 is 0 Å². The molecule has 1 fully saturated rings. The van der Waals surface area contributed by atoms with Crippen LogP contribution in [-0.2, 0) is 34.9 Å². The van der Waals surface area contributed by atoms with Crippen molar-refractivity contribution in [1.82, 2.24) is 14.7 Å². The second-order valence-corrected chi connectivity index (χ2v) is 11.4. The van der Waals surface area contributed by atoms with E-state index in [9.17, 15) is 8.42 Å². The number of rotatable bonds is 6. The van der Waals surface area contributed by atoms with Crippen LogP contribution in [0.1, 0.15) is 44.2 Å². The summed E-state index contributed by atoms with van der Waals surface area (Å²) >= 11 is 5.29. The molecule has 1 saturated heterocycles. The molecule has 0 amide bonds. The zero-order valence-electron chi connectivity index (χ0n) is 17.0. The fraction of sp³-hybridized carbons (Fsp3) is 0.600. The molecule has 0 unspecified atom stereocenters. The lowest BCUT2D eigenvalue weighted by atomic mass is 9.87. The van der Waals surface area contributed by atoms with Crippen molar-refractivity contribution in [2.45, 2.75) is 52.2 Å². The average molecular weight is 424 g/mol. The van der Waals surface area contributed by atoms with Crippen LogP contribution in [0.4, 0.5) is 0 Å². The lowest BCUT2D eigenvalue weighted by molar-refractivity contribution is 0.240. The quantitative estimate of drug-likeness (QED) is 0.662. The minimum atomic E-state index is -2.90. The second kappa shape index (κ2) is 8.08. The summed E-state index contributed by atoms with van der Waals surface area (Å²) in [6, 6.07) is 8.67. The fourth-order valence-corrected chi connectivity index (χ4v) is 5.56. The van der Waals surface area contributed by atoms with Crippen LogP contribution in [0.15, 0.2) is 28.7 Å². The molecule has 0 bridgehead atoms. The van der Waals surface area contributed by atoms with E-state index in [0.717, 1.165) is 6.54 Å². The topological polar surface area (TPSA) is 68.3 Å². The van der Waals surface area contributed by atoms with Gasteiger partial charge in [0, 0.05) is 13.0 Å². The van der Waals surface area contributed by atoms with Gasteiger partial charge in [0.1, 0.15) is 0 Å². The van der Waals surface area contributed by atoms with Gasteiger partial charge in [-0.3, -0.25) is 4.90 Å². The van der Waals surface area contributed by atoms with Crippen molar-refractivity contribution in [1.29, 1.82) is 0 Å². The van der Waals surface area contributed by atoms with Gasteiger partial charge in [0.15, 0.2) is 9.84 Å². The molecule has 1 aromatic carbocycles. The molecule has 0 radical (unpaired) electrons. The Morgan fingerprint density at radius 2 is 1.96 bits per heavy atom. The Morgan fingerprint density at radius 1 is 1.29 bits per heavy atom. The van der Waals surface area contributed by atoms with Crippen molar-refractivity contribution in [2.24, 2.45) is 5.92 Å². The molecule has 154 valence electrons. The standard InChI is InChI=1S/C20H29N3O3S2/c1-20(2,3)17-7-5-15(6-8-17)12-22(4)14-23-19(27)26-18(21-23)11-16-9-10-28(24,25)13-16/h5-8,16H,9-14H2,1-4H3/t16-/m0/s1. The molecular formula is C20H29N3O3S2. The monoisotopic (exact) mass is 423 g/mol. The fourth-order valence-electron chi connectivity index (χ4n) is 3.50. The van der Waals surface area contributed by atoms with E-state index in [1.165, 1.54) is 11.1 Å². The summed E-state index contributed by atoms with van der Waals surface area (Å²) < 4.78 is 30.5. The van der Waals surface area contributed by atoms with Gasteiger partial charge in [-0.15, -0.1) is 5.10 Å². The van der Waals surface area contributed by atoms with E-state index >= 15 is 0 Å². The average Bonchev–Trinajstić information content (AvgIpc) is 3.09. The zero-order valence-corrected chi connectivity index (χ0v) is 18.6. The van der Waals surface area contributed by atoms with Crippen LogP contribution in [0.3, 0.4) is 0 Å². The Bertz CT molecular complexity index is 969. The summed E-state index contributed by atoms with van der Waals surface area (Å²) in [6.07, 6.45) is 1.19. The predicted octanol–water partition coefficient (Wildman–Crippen LogP) is 3.57. The van der Waals surface area contributed by atoms with Gasteiger partial charge in [-0.2, -0.15) is 0 Å². The number of nitrogens with zero attached hydrogens (tertiary/aromatic N) is 3. The van der Waals surface area contributed by atoms with Crippen LogP contribution in [0.2, 0.25) is 0 Å². The Balaban J connectivity index is 1.59. The first-order valence-electron chi connectivity index (χ1n) is 9.57. The molecule has 1 aliphatic rings. The van der Waals surface area contributed by atoms with E-state index < -0.39 is 9.84 Å². The van der Waals surface area contributed by atoms with Gasteiger partial charge in [0.05, 0.1) is 18.2 Å². The van der Waals surface area contributed by atoms with Gasteiger partial charge in [-0.1, -0.05) is 45.0 Å². The first kappa shape index (κ1) is 21.2. The summed E-state index contributed by atoms with van der Waals surface area (Å²) in [4.78, 5) is 2.44. The summed E-state index contributed by atoms with van der Waals surface area (Å²) in [5, 5.41) is 4.46. The van der Waals surface area contributed by atoms with Gasteiger partial charge in [-0.05, 0) is 48.1 Å². The highest BCUT2D eigenvalue weighted by molar-refractivity contribution is 7.91. The minimum absolute atomic E-state index is 0.0746. The number of hydrogen-bond donors (Lipinski definition) is 0. The molecule has 3 rings (SSSR count). The van der Waals surface area contributed by atoms with Crippen molar-refractivity contribution >= 4 is 22.1 Å². The van der Waals surface area contributed by atoms with Crippen molar-refractivity contribution in [2.75, 3.05) is 18.6 Å². The Labute approximate surface area is 172 Å². The summed E-state index contributed by atoms with van der Waals surface area (Å²) in [5.74, 6) is 1.07. The van der Waals surface area contributed by atoms with Crippen LogP contribution in [0, 0.1) is 10.8 Å². The van der Waals surface area contributed by atoms with Gasteiger partial charge < -0.3 is 4.42 Å². The maximum absolute atomic E-state index is 11.6. The van der Waals surface area contributed by atoms with Gasteiger partial charge in [0.2, 0.25) is 5.89 Å². The molecule has 1 atom stereocenters. The van der Waals surface area contributed by atoms with E-state index in [2.05, 4.69) is 55.0 Å². The lowest BCUT2D eigenvalue weighted by Crippen LogP contribution is -2.22. The molecule has 0 saturated carbocycles. The van der Waals surface area contributed by atoms with Gasteiger partial charge in [-0.25, -0.2) is 13.1 Å². The first-order chi connectivity index (χ1) is 13.0. The van der Waals surface area contributed by atoms with Crippen LogP contribution in [0.25, 0.3) is 0 Å². The van der Waals surface area contributed by atoms with Crippen LogP contribution in [0.5, 0.6) is 0 Å². The molecule has 0 aliphatic carbocycles. The highest BCUT2D eigenvalue weighted by Gasteiger charge is 2.29. The zero-order chi connectivity index (χ0) is 20.5. The molecule has 1 aromatic heterocycles. The Morgan fingerprint density at radius 3 is 2.54 bits per heavy atom. The maximum Gasteiger partial charge on any atom is 0.288 e. The third-order valence-corrected chi connectivity index (χ3v) is 7.22. The number of sulfone groups is 1. The third-order valence-electron chi connectivity index (χ3n) is 5.09. The first-order valence-corrected chi connectivity index (χ1v) is 11.8. The highest BCUT2D eigenvalue weighted by atomic mass is 32.2. The summed E-state index contributed by atoms with van der Waals surface area (Å²) in [5.41, 5.74) is 2.69. The minimum Gasteiger partial charge on any atom is -0.414 e. The molecule has 28 heavy (non-hydrogen) atoms. The van der Waals surface area contributed by atoms with Crippen molar-refractivity contribution in [3.8, 4) is 0 Å². The molecule has 0 N–H and O–H groups in total. The number of hydrogen-bond acceptors (Lipinski definition) is 6. The normalized spacial score (nSPS) is 19.4. The Kier molecular flexibility index (Phi) is 6.12. The van der Waals surface area contributed by atoms with Crippen LogP contribution in [-0.4, -0.2) is 41.7 Å². The lowest BCUT2D eigenvalue weighted by Gasteiger charge is -2.20. The second-order valence-electron chi connectivity index (χ2n) is 8.84. The summed E-state index contributed by atoms with van der Waals surface area (Å²) in [6.45, 7) is 7.92. The van der Waals surface area contributed by atoms with E-state index in [1.54, 1.807) is 4.68 Å². The molecule has 8 heteroatoms. The molecule has 0 spiro atoms. The van der Waals surface area contributed by atoms with E-state index in [1.807, 2.05) is 7.05 Å². The number of benzene rings is 1. The van der Waals surface area contributed by atoms with E-state index in [4.69, 9.17) is 16.6 Å². The van der Waals surface area contributed by atoms with Crippen molar-refractivity contribution in [3.63, 3.8) is 0 Å². The van der Waals surface area contributed by atoms with Gasteiger partial charge >= 0.3 is 0 Å². The predicted molar refractivity (Wildman–Crippen MR) is 112 cm³/mol. The molecule has 1 aliphatic heterocycles. The maximum atomic E-state index is 11.6. The summed E-state index contributed by atoms with van der Waals surface area (Å²) in [7, 11) is -0.884. The smallest absolute Gasteiger partial charge is 0.288 e. The third kappa shape index (κ3) is 5.52.